The third kappa shape index (κ3) is 5.42. The van der Waals surface area contributed by atoms with Gasteiger partial charge in [-0.2, -0.15) is 0 Å². The van der Waals surface area contributed by atoms with Crippen molar-refractivity contribution in [2.45, 2.75) is 36.6 Å². The Balaban J connectivity index is 1.59. The molecule has 1 aliphatic carbocycles. The molecule has 1 saturated carbocycles. The van der Waals surface area contributed by atoms with Crippen molar-refractivity contribution in [3.8, 4) is 5.75 Å². The lowest BCUT2D eigenvalue weighted by molar-refractivity contribution is -0.274. The molecule has 38 heavy (non-hydrogen) atoms. The summed E-state index contributed by atoms with van der Waals surface area (Å²) in [6.07, 6.45) is -2.98. The highest BCUT2D eigenvalue weighted by Gasteiger charge is 2.32. The number of carboxylic acids is 1. The number of carboxylic acid groups (broad SMARTS) is 1. The fourth-order valence-corrected chi connectivity index (χ4v) is 5.55. The van der Waals surface area contributed by atoms with Crippen LogP contribution in [0.25, 0.3) is 10.8 Å². The van der Waals surface area contributed by atoms with E-state index in [0.717, 1.165) is 45.7 Å². The quantitative estimate of drug-likeness (QED) is 0.289. The van der Waals surface area contributed by atoms with Crippen LogP contribution in [0.5, 0.6) is 5.75 Å². The summed E-state index contributed by atoms with van der Waals surface area (Å²) in [5.74, 6) is -1.27. The van der Waals surface area contributed by atoms with E-state index in [2.05, 4.69) is 4.74 Å². The number of halogens is 3. The molecular formula is C27H21F3N2O5S. The van der Waals surface area contributed by atoms with Crippen LogP contribution < -0.4 is 9.04 Å². The van der Waals surface area contributed by atoms with Crippen LogP contribution in [0.4, 0.5) is 19.0 Å². The molecule has 0 bridgehead atoms. The van der Waals surface area contributed by atoms with Gasteiger partial charge < -0.3 is 9.84 Å². The summed E-state index contributed by atoms with van der Waals surface area (Å²) < 4.78 is 70.5. The summed E-state index contributed by atoms with van der Waals surface area (Å²) in [4.78, 5) is 15.8. The number of fused-ring (bicyclic) bond motifs is 1. The predicted molar refractivity (Wildman–Crippen MR) is 134 cm³/mol. The summed E-state index contributed by atoms with van der Waals surface area (Å²) >= 11 is 0. The van der Waals surface area contributed by atoms with E-state index in [1.165, 1.54) is 36.4 Å². The number of hydrogen-bond acceptors (Lipinski definition) is 5. The van der Waals surface area contributed by atoms with Gasteiger partial charge in [-0.1, -0.05) is 36.4 Å². The largest absolute Gasteiger partial charge is 0.573 e. The number of hydrogen-bond donors (Lipinski definition) is 1. The molecule has 0 radical (unpaired) electrons. The lowest BCUT2D eigenvalue weighted by atomic mass is 10.1. The molecule has 5 rings (SSSR count). The highest BCUT2D eigenvalue weighted by Crippen LogP contribution is 2.43. The first kappa shape index (κ1) is 25.5. The van der Waals surface area contributed by atoms with Crippen molar-refractivity contribution < 1.29 is 36.2 Å². The molecule has 0 saturated heterocycles. The van der Waals surface area contributed by atoms with Gasteiger partial charge in [0.25, 0.3) is 10.0 Å². The Morgan fingerprint density at radius 2 is 1.66 bits per heavy atom. The first-order valence-corrected chi connectivity index (χ1v) is 13.1. The van der Waals surface area contributed by atoms with Gasteiger partial charge in [-0.05, 0) is 66.3 Å². The van der Waals surface area contributed by atoms with Crippen molar-refractivity contribution in [2.24, 2.45) is 0 Å². The maximum Gasteiger partial charge on any atom is 0.573 e. The number of anilines is 1. The maximum absolute atomic E-state index is 13.9. The van der Waals surface area contributed by atoms with Crippen LogP contribution in [0.2, 0.25) is 0 Å². The molecule has 11 heteroatoms. The molecule has 4 aromatic rings. The van der Waals surface area contributed by atoms with Gasteiger partial charge in [0, 0.05) is 11.3 Å². The number of carbonyl (C=O) groups is 1. The third-order valence-electron chi connectivity index (χ3n) is 6.15. The minimum Gasteiger partial charge on any atom is -0.478 e. The van der Waals surface area contributed by atoms with Crippen LogP contribution >= 0.6 is 0 Å². The zero-order valence-corrected chi connectivity index (χ0v) is 20.5. The Kier molecular flexibility index (Phi) is 6.47. The molecule has 0 aliphatic heterocycles. The smallest absolute Gasteiger partial charge is 0.478 e. The van der Waals surface area contributed by atoms with Crippen LogP contribution in [0.1, 0.15) is 40.4 Å². The molecule has 1 N–H and O–H groups in total. The monoisotopic (exact) mass is 542 g/mol. The highest BCUT2D eigenvalue weighted by molar-refractivity contribution is 7.92. The van der Waals surface area contributed by atoms with Gasteiger partial charge in [0.1, 0.15) is 11.6 Å². The zero-order valence-electron chi connectivity index (χ0n) is 19.7. The van der Waals surface area contributed by atoms with Gasteiger partial charge >= 0.3 is 12.3 Å². The van der Waals surface area contributed by atoms with E-state index in [1.807, 2.05) is 24.3 Å². The number of alkyl halides is 3. The maximum atomic E-state index is 13.9. The summed E-state index contributed by atoms with van der Waals surface area (Å²) in [5.41, 5.74) is 1.11. The van der Waals surface area contributed by atoms with E-state index >= 15 is 0 Å². The van der Waals surface area contributed by atoms with Crippen molar-refractivity contribution in [3.63, 3.8) is 0 Å². The molecule has 0 atom stereocenters. The zero-order chi connectivity index (χ0) is 27.1. The average molecular weight is 543 g/mol. The highest BCUT2D eigenvalue weighted by atomic mass is 32.2. The van der Waals surface area contributed by atoms with Crippen molar-refractivity contribution in [3.05, 3.63) is 95.7 Å². The van der Waals surface area contributed by atoms with Gasteiger partial charge in [-0.25, -0.2) is 22.5 Å². The SMILES string of the molecule is O=C(O)c1ccc(S(=O)(=O)N(Cc2ccc(OC(F)(F)F)cc2)c2cc3ccccc3c(C3CC3)n2)cc1. The topological polar surface area (TPSA) is 96.8 Å². The fourth-order valence-electron chi connectivity index (χ4n) is 4.16. The molecule has 3 aromatic carbocycles. The Hall–Kier alpha value is -4.12. The molecule has 1 fully saturated rings. The first-order valence-electron chi connectivity index (χ1n) is 11.6. The Morgan fingerprint density at radius 3 is 2.26 bits per heavy atom. The number of aromatic carboxylic acids is 1. The van der Waals surface area contributed by atoms with Gasteiger partial charge in [0.2, 0.25) is 0 Å². The van der Waals surface area contributed by atoms with E-state index in [0.29, 0.717) is 5.56 Å². The summed E-state index contributed by atoms with van der Waals surface area (Å²) in [6.45, 7) is -0.231. The molecular weight excluding hydrogens is 521 g/mol. The van der Waals surface area contributed by atoms with Crippen LogP contribution in [-0.4, -0.2) is 30.8 Å². The molecule has 0 amide bonds. The number of nitrogens with zero attached hydrogens (tertiary/aromatic N) is 2. The second kappa shape index (κ2) is 9.64. The van der Waals surface area contributed by atoms with Gasteiger partial charge in [-0.3, -0.25) is 0 Å². The van der Waals surface area contributed by atoms with E-state index < -0.39 is 28.1 Å². The molecule has 0 unspecified atom stereocenters. The lowest BCUT2D eigenvalue weighted by Gasteiger charge is -2.25. The number of sulfonamides is 1. The van der Waals surface area contributed by atoms with Crippen LogP contribution in [0.15, 0.2) is 83.8 Å². The second-order valence-corrected chi connectivity index (χ2v) is 10.8. The molecule has 7 nitrogen and oxygen atoms in total. The van der Waals surface area contributed by atoms with Gasteiger partial charge in [0.05, 0.1) is 22.7 Å². The van der Waals surface area contributed by atoms with Gasteiger partial charge in [0.15, 0.2) is 0 Å². The average Bonchev–Trinajstić information content (AvgIpc) is 3.72. The normalized spacial score (nSPS) is 13.9. The Labute approximate surface area is 216 Å². The Bertz CT molecular complexity index is 1600. The first-order chi connectivity index (χ1) is 18.0. The summed E-state index contributed by atoms with van der Waals surface area (Å²) in [6, 6.07) is 18.9. The lowest BCUT2D eigenvalue weighted by Crippen LogP contribution is -2.31. The summed E-state index contributed by atoms with van der Waals surface area (Å²) in [7, 11) is -4.26. The number of aromatic nitrogens is 1. The van der Waals surface area contributed by atoms with Crippen molar-refractivity contribution in [1.82, 2.24) is 4.98 Å². The standard InChI is InChI=1S/C27H21F3N2O5S/c28-27(29,30)37-21-11-5-17(6-12-21)16-32(38(35,36)22-13-9-19(10-14-22)26(33)34)24-15-20-3-1-2-4-23(20)25(31-24)18-7-8-18/h1-6,9-15,18H,7-8,16H2,(H,33,34). The third-order valence-corrected chi connectivity index (χ3v) is 7.91. The van der Waals surface area contributed by atoms with Crippen LogP contribution in [0, 0.1) is 0 Å². The van der Waals surface area contributed by atoms with E-state index in [-0.39, 0.29) is 28.7 Å². The molecule has 1 aromatic heterocycles. The second-order valence-electron chi connectivity index (χ2n) is 8.89. The molecule has 196 valence electrons. The van der Waals surface area contributed by atoms with E-state index in [1.54, 1.807) is 6.07 Å². The number of rotatable bonds is 8. The van der Waals surface area contributed by atoms with Crippen molar-refractivity contribution in [1.29, 1.82) is 0 Å². The molecule has 0 spiro atoms. The van der Waals surface area contributed by atoms with Crippen LogP contribution in [-0.2, 0) is 16.6 Å². The minimum absolute atomic E-state index is 0.0735. The van der Waals surface area contributed by atoms with Crippen LogP contribution in [0.3, 0.4) is 0 Å². The van der Waals surface area contributed by atoms with E-state index in [9.17, 15) is 31.5 Å². The molecule has 1 aliphatic rings. The number of pyridine rings is 1. The fraction of sp³-hybridized carbons (Fsp3) is 0.185. The van der Waals surface area contributed by atoms with Gasteiger partial charge in [-0.15, -0.1) is 13.2 Å². The number of benzene rings is 3. The van der Waals surface area contributed by atoms with E-state index in [4.69, 9.17) is 4.98 Å². The molecule has 1 heterocycles. The number of ether oxygens (including phenoxy) is 1. The predicted octanol–water partition coefficient (Wildman–Crippen LogP) is 6.10. The van der Waals surface area contributed by atoms with Crippen molar-refractivity contribution >= 4 is 32.6 Å². The summed E-state index contributed by atoms with van der Waals surface area (Å²) in [5, 5.41) is 10.9. The van der Waals surface area contributed by atoms with Crippen molar-refractivity contribution in [2.75, 3.05) is 4.31 Å². The Morgan fingerprint density at radius 1 is 1.00 bits per heavy atom. The minimum atomic E-state index is -4.85.